The molecule has 1 aromatic rings. The number of benzene rings is 1. The van der Waals surface area contributed by atoms with Gasteiger partial charge in [-0.05, 0) is 6.92 Å². The number of nitrogens with one attached hydrogen (secondary N) is 1. The Labute approximate surface area is 74.9 Å². The summed E-state index contributed by atoms with van der Waals surface area (Å²) >= 11 is 0. The Morgan fingerprint density at radius 1 is 1.17 bits per heavy atom. The van der Waals surface area contributed by atoms with E-state index >= 15 is 0 Å². The molecule has 0 unspecified atom stereocenters. The van der Waals surface area contributed by atoms with Crippen molar-refractivity contribution in [1.29, 1.82) is 5.41 Å². The van der Waals surface area contributed by atoms with Crippen molar-refractivity contribution in [2.24, 2.45) is 5.73 Å². The first kappa shape index (κ1) is 13.3. The average Bonchev–Trinajstić information content (AvgIpc) is 2.11. The summed E-state index contributed by atoms with van der Waals surface area (Å²) in [5, 5.41) is 5.86. The van der Waals surface area contributed by atoms with Crippen LogP contribution in [0.4, 0.5) is 0 Å². The van der Waals surface area contributed by atoms with Crippen LogP contribution < -0.4 is 5.73 Å². The van der Waals surface area contributed by atoms with Crippen LogP contribution in [0.2, 0.25) is 0 Å². The molecule has 0 atom stereocenters. The number of aryl methyl sites for hydroxylation is 1. The number of nitrogens with two attached hydrogens (primary N) is 1. The summed E-state index contributed by atoms with van der Waals surface area (Å²) in [6.07, 6.45) is 0.750. The molecule has 0 aliphatic carbocycles. The summed E-state index contributed by atoms with van der Waals surface area (Å²) in [5.41, 5.74) is 5.71. The van der Waals surface area contributed by atoms with Crippen LogP contribution in [0.3, 0.4) is 0 Å². The zero-order valence-corrected chi connectivity index (χ0v) is 8.04. The van der Waals surface area contributed by atoms with Gasteiger partial charge < -0.3 is 5.73 Å². The lowest BCUT2D eigenvalue weighted by Crippen LogP contribution is -1.81. The minimum atomic E-state index is 0.750. The van der Waals surface area contributed by atoms with Crippen LogP contribution in [0.25, 0.3) is 0 Å². The summed E-state index contributed by atoms with van der Waals surface area (Å²) < 4.78 is 0. The van der Waals surface area contributed by atoms with E-state index < -0.39 is 0 Å². The van der Waals surface area contributed by atoms with Crippen LogP contribution in [-0.2, 0) is 0 Å². The Hall–Kier alpha value is -1.31. The van der Waals surface area contributed by atoms with E-state index in [9.17, 15) is 0 Å². The summed E-state index contributed by atoms with van der Waals surface area (Å²) in [7, 11) is 0. The highest BCUT2D eigenvalue weighted by molar-refractivity contribution is 5.46. The highest BCUT2D eigenvalue weighted by Crippen LogP contribution is 1.92. The maximum atomic E-state index is 5.86. The van der Waals surface area contributed by atoms with Gasteiger partial charge in [0.1, 0.15) is 0 Å². The van der Waals surface area contributed by atoms with Gasteiger partial charge in [-0.3, -0.25) is 5.41 Å². The maximum Gasteiger partial charge on any atom is 0.0765 e. The largest absolute Gasteiger partial charge is 0.390 e. The Bertz CT molecular complexity index is 170. The van der Waals surface area contributed by atoms with Crippen LogP contribution in [-0.4, -0.2) is 6.34 Å². The van der Waals surface area contributed by atoms with Gasteiger partial charge in [-0.1, -0.05) is 49.7 Å². The van der Waals surface area contributed by atoms with Crippen molar-refractivity contribution in [3.63, 3.8) is 0 Å². The summed E-state index contributed by atoms with van der Waals surface area (Å²) in [4.78, 5) is 0. The quantitative estimate of drug-likeness (QED) is 0.451. The second kappa shape index (κ2) is 12.4. The summed E-state index contributed by atoms with van der Waals surface area (Å²) in [6.45, 7) is 6.08. The molecule has 12 heavy (non-hydrogen) atoms. The van der Waals surface area contributed by atoms with E-state index in [1.54, 1.807) is 0 Å². The Kier molecular flexibility index (Phi) is 13.7. The van der Waals surface area contributed by atoms with E-state index in [-0.39, 0.29) is 0 Å². The van der Waals surface area contributed by atoms with Crippen LogP contribution >= 0.6 is 0 Å². The molecule has 0 radical (unpaired) electrons. The third-order valence-corrected chi connectivity index (χ3v) is 0.940. The Morgan fingerprint density at radius 2 is 1.50 bits per heavy atom. The molecule has 2 nitrogen and oxygen atoms in total. The molecule has 1 rings (SSSR count). The van der Waals surface area contributed by atoms with Crippen molar-refractivity contribution in [2.45, 2.75) is 20.8 Å². The molecule has 0 amide bonds. The van der Waals surface area contributed by atoms with E-state index in [4.69, 9.17) is 5.41 Å². The molecular formula is C10H18N2. The van der Waals surface area contributed by atoms with Crippen molar-refractivity contribution in [1.82, 2.24) is 0 Å². The van der Waals surface area contributed by atoms with E-state index in [0.717, 1.165) is 6.34 Å². The Balaban J connectivity index is 0. The maximum absolute atomic E-state index is 5.86. The fraction of sp³-hybridized carbons (Fsp3) is 0.300. The second-order valence-electron chi connectivity index (χ2n) is 1.82. The first-order valence-corrected chi connectivity index (χ1v) is 4.03. The van der Waals surface area contributed by atoms with Gasteiger partial charge in [-0.15, -0.1) is 0 Å². The fourth-order valence-electron chi connectivity index (χ4n) is 0.534. The van der Waals surface area contributed by atoms with Crippen LogP contribution in [0, 0.1) is 12.3 Å². The van der Waals surface area contributed by atoms with E-state index in [0.29, 0.717) is 0 Å². The molecule has 1 aromatic carbocycles. The molecule has 0 heterocycles. The summed E-state index contributed by atoms with van der Waals surface area (Å²) in [5.74, 6) is 0. The van der Waals surface area contributed by atoms with Crippen molar-refractivity contribution < 1.29 is 0 Å². The molecule has 0 aliphatic rings. The zero-order chi connectivity index (χ0) is 9.82. The van der Waals surface area contributed by atoms with Gasteiger partial charge in [0.05, 0.1) is 6.34 Å². The van der Waals surface area contributed by atoms with Crippen molar-refractivity contribution in [3.8, 4) is 0 Å². The third kappa shape index (κ3) is 11.5. The molecule has 0 saturated carbocycles. The predicted octanol–water partition coefficient (Wildman–Crippen LogP) is 2.57. The molecule has 0 saturated heterocycles. The molecule has 0 spiro atoms. The molecule has 2 heteroatoms. The number of hydrogen-bond donors (Lipinski definition) is 2. The van der Waals surface area contributed by atoms with Gasteiger partial charge in [0.15, 0.2) is 0 Å². The second-order valence-corrected chi connectivity index (χ2v) is 1.82. The molecule has 0 aliphatic heterocycles. The number of rotatable bonds is 0. The highest BCUT2D eigenvalue weighted by atomic mass is 14.6. The van der Waals surface area contributed by atoms with Crippen LogP contribution in [0.1, 0.15) is 19.4 Å². The molecule has 0 fully saturated rings. The topological polar surface area (TPSA) is 49.9 Å². The molecule has 3 N–H and O–H groups in total. The first-order chi connectivity index (χ1) is 5.81. The lowest BCUT2D eigenvalue weighted by atomic mass is 10.2. The monoisotopic (exact) mass is 166 g/mol. The lowest BCUT2D eigenvalue weighted by Gasteiger charge is -1.82. The van der Waals surface area contributed by atoms with Crippen molar-refractivity contribution in [2.75, 3.05) is 0 Å². The fourth-order valence-corrected chi connectivity index (χ4v) is 0.534. The van der Waals surface area contributed by atoms with Gasteiger partial charge in [0, 0.05) is 0 Å². The van der Waals surface area contributed by atoms with E-state index in [2.05, 4.69) is 24.8 Å². The average molecular weight is 166 g/mol. The minimum Gasteiger partial charge on any atom is -0.390 e. The SMILES string of the molecule is CC.Cc1ccccc1.N=CN. The van der Waals surface area contributed by atoms with Crippen molar-refractivity contribution in [3.05, 3.63) is 35.9 Å². The third-order valence-electron chi connectivity index (χ3n) is 0.940. The highest BCUT2D eigenvalue weighted by Gasteiger charge is 1.72. The molecule has 68 valence electrons. The van der Waals surface area contributed by atoms with Gasteiger partial charge in [0.25, 0.3) is 0 Å². The van der Waals surface area contributed by atoms with Gasteiger partial charge in [-0.25, -0.2) is 0 Å². The predicted molar refractivity (Wildman–Crippen MR) is 55.5 cm³/mol. The van der Waals surface area contributed by atoms with E-state index in [1.807, 2.05) is 32.0 Å². The zero-order valence-electron chi connectivity index (χ0n) is 8.04. The van der Waals surface area contributed by atoms with Crippen LogP contribution in [0.15, 0.2) is 30.3 Å². The van der Waals surface area contributed by atoms with E-state index in [1.165, 1.54) is 5.56 Å². The normalized spacial score (nSPS) is 6.58. The van der Waals surface area contributed by atoms with Gasteiger partial charge in [0.2, 0.25) is 0 Å². The molecule has 0 aromatic heterocycles. The standard InChI is InChI=1S/C7H8.C2H6.CH4N2/c1-7-5-3-2-4-6-7;1-2;2-1-3/h2-6H,1H3;1-2H3;1H,(H3,2,3). The molecular weight excluding hydrogens is 148 g/mol. The first-order valence-electron chi connectivity index (χ1n) is 4.03. The molecule has 0 bridgehead atoms. The summed E-state index contributed by atoms with van der Waals surface area (Å²) in [6, 6.07) is 10.3. The minimum absolute atomic E-state index is 0.750. The van der Waals surface area contributed by atoms with Gasteiger partial charge in [-0.2, -0.15) is 0 Å². The van der Waals surface area contributed by atoms with Gasteiger partial charge >= 0.3 is 0 Å². The number of hydrogen-bond acceptors (Lipinski definition) is 1. The lowest BCUT2D eigenvalue weighted by molar-refractivity contribution is 1.48. The van der Waals surface area contributed by atoms with Crippen LogP contribution in [0.5, 0.6) is 0 Å². The van der Waals surface area contributed by atoms with Crippen molar-refractivity contribution >= 4 is 6.34 Å². The smallest absolute Gasteiger partial charge is 0.0765 e. The Morgan fingerprint density at radius 3 is 1.67 bits per heavy atom.